The van der Waals surface area contributed by atoms with Crippen LogP contribution >= 0.6 is 0 Å². The summed E-state index contributed by atoms with van der Waals surface area (Å²) in [5, 5.41) is 14.2. The van der Waals surface area contributed by atoms with E-state index in [1.807, 2.05) is 64.2 Å². The van der Waals surface area contributed by atoms with Crippen molar-refractivity contribution in [2.45, 2.75) is 27.3 Å². The van der Waals surface area contributed by atoms with E-state index in [4.69, 9.17) is 4.98 Å². The van der Waals surface area contributed by atoms with Crippen LogP contribution in [0.3, 0.4) is 0 Å². The van der Waals surface area contributed by atoms with E-state index >= 15 is 0 Å². The molecule has 41 heavy (non-hydrogen) atoms. The Bertz CT molecular complexity index is 1920. The lowest BCUT2D eigenvalue weighted by molar-refractivity contribution is -0.123. The van der Waals surface area contributed by atoms with Crippen LogP contribution in [0.2, 0.25) is 0 Å². The van der Waals surface area contributed by atoms with Crippen molar-refractivity contribution < 1.29 is 9.18 Å². The molecule has 0 aliphatic rings. The number of hydrogen-bond donors (Lipinski definition) is 4. The Hall–Kier alpha value is -4.96. The molecule has 0 bridgehead atoms. The van der Waals surface area contributed by atoms with Gasteiger partial charge in [-0.1, -0.05) is 32.9 Å². The second-order valence-corrected chi connectivity index (χ2v) is 11.0. The van der Waals surface area contributed by atoms with Crippen molar-refractivity contribution in [2.75, 3.05) is 12.4 Å². The van der Waals surface area contributed by atoms with Crippen molar-refractivity contribution in [3.63, 3.8) is 0 Å². The van der Waals surface area contributed by atoms with Crippen molar-refractivity contribution in [3.05, 3.63) is 78.5 Å². The molecule has 0 spiro atoms. The standard InChI is InChI=1S/C31H29FN8O/c1-31(2,3)30(41)36-22-11-19(14-34-16-22)20-12-24-27(39-40-28(24)35-15-20)29-37-25-7-5-6-23(26(25)38-29)18-8-17(13-33-4)9-21(32)10-18/h5-12,14-16,33H,13H2,1-4H3,(H,36,41)(H,37,38)(H,35,39,40). The first-order valence-electron chi connectivity index (χ1n) is 13.2. The Morgan fingerprint density at radius 2 is 1.83 bits per heavy atom. The van der Waals surface area contributed by atoms with E-state index in [2.05, 4.69) is 35.8 Å². The molecule has 0 radical (unpaired) electrons. The highest BCUT2D eigenvalue weighted by atomic mass is 19.1. The van der Waals surface area contributed by atoms with Crippen molar-refractivity contribution in [2.24, 2.45) is 5.41 Å². The molecule has 1 amide bonds. The van der Waals surface area contributed by atoms with Crippen LogP contribution in [-0.4, -0.2) is 43.1 Å². The Labute approximate surface area is 235 Å². The number of para-hydroxylation sites is 1. The summed E-state index contributed by atoms with van der Waals surface area (Å²) < 4.78 is 14.5. The number of halogens is 1. The van der Waals surface area contributed by atoms with E-state index in [-0.39, 0.29) is 11.7 Å². The highest BCUT2D eigenvalue weighted by Crippen LogP contribution is 2.33. The van der Waals surface area contributed by atoms with Gasteiger partial charge in [0.05, 0.1) is 28.3 Å². The summed E-state index contributed by atoms with van der Waals surface area (Å²) in [5.41, 5.74) is 6.87. The van der Waals surface area contributed by atoms with Gasteiger partial charge >= 0.3 is 0 Å². The summed E-state index contributed by atoms with van der Waals surface area (Å²) in [6.45, 7) is 6.14. The number of fused-ring (bicyclic) bond motifs is 2. The summed E-state index contributed by atoms with van der Waals surface area (Å²) in [4.78, 5) is 29.6. The molecule has 0 unspecified atom stereocenters. The summed E-state index contributed by atoms with van der Waals surface area (Å²) in [7, 11) is 1.83. The summed E-state index contributed by atoms with van der Waals surface area (Å²) in [6, 6.07) is 14.7. The highest BCUT2D eigenvalue weighted by molar-refractivity contribution is 5.98. The van der Waals surface area contributed by atoms with E-state index in [1.165, 1.54) is 12.1 Å². The van der Waals surface area contributed by atoms with Gasteiger partial charge in [0.25, 0.3) is 0 Å². The number of anilines is 1. The van der Waals surface area contributed by atoms with Gasteiger partial charge in [-0.25, -0.2) is 14.4 Å². The molecule has 9 nitrogen and oxygen atoms in total. The second kappa shape index (κ2) is 10.2. The Morgan fingerprint density at radius 1 is 1.00 bits per heavy atom. The number of aromatic amines is 2. The van der Waals surface area contributed by atoms with Crippen LogP contribution in [0.4, 0.5) is 10.1 Å². The molecule has 0 saturated carbocycles. The molecule has 4 aromatic heterocycles. The lowest BCUT2D eigenvalue weighted by atomic mass is 9.95. The largest absolute Gasteiger partial charge is 0.337 e. The number of carbonyl (C=O) groups is 1. The van der Waals surface area contributed by atoms with E-state index in [9.17, 15) is 9.18 Å². The number of benzene rings is 2. The van der Waals surface area contributed by atoms with Gasteiger partial charge in [-0.15, -0.1) is 0 Å². The topological polar surface area (TPSA) is 124 Å². The lowest BCUT2D eigenvalue weighted by Gasteiger charge is -2.17. The molecule has 10 heteroatoms. The third kappa shape index (κ3) is 5.17. The lowest BCUT2D eigenvalue weighted by Crippen LogP contribution is -2.27. The van der Waals surface area contributed by atoms with E-state index in [0.717, 1.165) is 44.2 Å². The summed E-state index contributed by atoms with van der Waals surface area (Å²) in [5.74, 6) is 0.197. The van der Waals surface area contributed by atoms with E-state index in [0.29, 0.717) is 29.4 Å². The van der Waals surface area contributed by atoms with E-state index in [1.54, 1.807) is 18.6 Å². The Morgan fingerprint density at radius 3 is 2.63 bits per heavy atom. The minimum atomic E-state index is -0.529. The molecule has 0 aliphatic carbocycles. The third-order valence-corrected chi connectivity index (χ3v) is 6.82. The Balaban J connectivity index is 1.39. The number of H-pyrrole nitrogens is 2. The number of carbonyl (C=O) groups excluding carboxylic acids is 1. The fourth-order valence-electron chi connectivity index (χ4n) is 4.72. The minimum absolute atomic E-state index is 0.0945. The number of pyridine rings is 2. The molecule has 6 rings (SSSR count). The minimum Gasteiger partial charge on any atom is -0.337 e. The zero-order valence-electron chi connectivity index (χ0n) is 23.1. The SMILES string of the molecule is CNCc1cc(F)cc(-c2cccc3[nH]c(-c4[nH]nc5ncc(-c6cncc(NC(=O)C(C)(C)C)c6)cc45)nc23)c1. The normalized spacial score (nSPS) is 11.8. The predicted octanol–water partition coefficient (Wildman–Crippen LogP) is 6.07. The van der Waals surface area contributed by atoms with Gasteiger partial charge < -0.3 is 15.6 Å². The van der Waals surface area contributed by atoms with E-state index < -0.39 is 5.41 Å². The molecule has 0 atom stereocenters. The van der Waals surface area contributed by atoms with Gasteiger partial charge in [0.2, 0.25) is 5.91 Å². The molecule has 0 saturated heterocycles. The maximum Gasteiger partial charge on any atom is 0.229 e. The molecular weight excluding hydrogens is 519 g/mol. The van der Waals surface area contributed by atoms with Crippen molar-refractivity contribution in [1.29, 1.82) is 0 Å². The Kier molecular flexibility index (Phi) is 6.55. The zero-order chi connectivity index (χ0) is 28.7. The van der Waals surface area contributed by atoms with Crippen molar-refractivity contribution in [3.8, 4) is 33.8 Å². The van der Waals surface area contributed by atoms with Gasteiger partial charge in [-0.2, -0.15) is 5.10 Å². The van der Waals surface area contributed by atoms with Gasteiger partial charge in [0.1, 0.15) is 11.5 Å². The average Bonchev–Trinajstić information content (AvgIpc) is 3.56. The quantitative estimate of drug-likeness (QED) is 0.200. The number of nitrogens with zero attached hydrogens (tertiary/aromatic N) is 4. The van der Waals surface area contributed by atoms with Crippen LogP contribution in [0.15, 0.2) is 67.1 Å². The average molecular weight is 549 g/mol. The number of hydrogen-bond acceptors (Lipinski definition) is 6. The molecule has 4 heterocycles. The maximum absolute atomic E-state index is 14.5. The first-order valence-corrected chi connectivity index (χ1v) is 13.2. The molecular formula is C31H29FN8O. The zero-order valence-corrected chi connectivity index (χ0v) is 23.1. The number of imidazole rings is 1. The fraction of sp³-hybridized carbons (Fsp3) is 0.194. The summed E-state index contributed by atoms with van der Waals surface area (Å²) in [6.07, 6.45) is 5.07. The van der Waals surface area contributed by atoms with Gasteiger partial charge in [-0.05, 0) is 54.6 Å². The highest BCUT2D eigenvalue weighted by Gasteiger charge is 2.22. The monoisotopic (exact) mass is 548 g/mol. The van der Waals surface area contributed by atoms with Gasteiger partial charge in [0, 0.05) is 41.0 Å². The van der Waals surface area contributed by atoms with Gasteiger partial charge in [0.15, 0.2) is 11.5 Å². The van der Waals surface area contributed by atoms with Crippen LogP contribution in [0.25, 0.3) is 55.8 Å². The molecule has 0 fully saturated rings. The van der Waals surface area contributed by atoms with Crippen LogP contribution < -0.4 is 10.6 Å². The number of nitrogens with one attached hydrogen (secondary N) is 4. The second-order valence-electron chi connectivity index (χ2n) is 11.0. The van der Waals surface area contributed by atoms with Crippen molar-refractivity contribution >= 4 is 33.7 Å². The number of amides is 1. The van der Waals surface area contributed by atoms with Crippen LogP contribution in [0.1, 0.15) is 26.3 Å². The predicted molar refractivity (Wildman–Crippen MR) is 158 cm³/mol. The molecule has 4 N–H and O–H groups in total. The van der Waals surface area contributed by atoms with Crippen molar-refractivity contribution in [1.82, 2.24) is 35.5 Å². The van der Waals surface area contributed by atoms with Crippen LogP contribution in [0.5, 0.6) is 0 Å². The maximum atomic E-state index is 14.5. The number of aromatic nitrogens is 6. The molecule has 2 aromatic carbocycles. The fourth-order valence-corrected chi connectivity index (χ4v) is 4.72. The van der Waals surface area contributed by atoms with Crippen LogP contribution in [-0.2, 0) is 11.3 Å². The third-order valence-electron chi connectivity index (χ3n) is 6.82. The molecule has 0 aliphatic heterocycles. The molecule has 206 valence electrons. The van der Waals surface area contributed by atoms with Crippen LogP contribution in [0, 0.1) is 11.2 Å². The first-order chi connectivity index (χ1) is 19.7. The first kappa shape index (κ1) is 26.3. The van der Waals surface area contributed by atoms with Gasteiger partial charge in [-0.3, -0.25) is 14.9 Å². The number of rotatable bonds is 6. The summed E-state index contributed by atoms with van der Waals surface area (Å²) >= 11 is 0. The smallest absolute Gasteiger partial charge is 0.229 e. The molecule has 6 aromatic rings.